The Kier molecular flexibility index (Phi) is 5.98. The van der Waals surface area contributed by atoms with E-state index in [9.17, 15) is 0 Å². The second-order valence-corrected chi connectivity index (χ2v) is 5.80. The van der Waals surface area contributed by atoms with Crippen LogP contribution in [0.1, 0.15) is 5.56 Å². The molecule has 6 heteroatoms. The molecule has 1 saturated heterocycles. The summed E-state index contributed by atoms with van der Waals surface area (Å²) in [5.74, 6) is 0.989. The molecule has 1 aliphatic rings. The molecule has 2 aromatic heterocycles. The van der Waals surface area contributed by atoms with Crippen LogP contribution < -0.4 is 15.7 Å². The third-order valence-electron chi connectivity index (χ3n) is 4.20. The molecule has 0 bridgehead atoms. The minimum Gasteiger partial charge on any atom is -0.378 e. The maximum Gasteiger partial charge on any atom is 0.131 e. The van der Waals surface area contributed by atoms with E-state index in [4.69, 9.17) is 4.74 Å². The van der Waals surface area contributed by atoms with Crippen molar-refractivity contribution in [3.05, 3.63) is 59.9 Å². The molecule has 1 aliphatic heterocycles. The summed E-state index contributed by atoms with van der Waals surface area (Å²) in [5, 5.41) is 3.19. The summed E-state index contributed by atoms with van der Waals surface area (Å²) in [7, 11) is 3.76. The monoisotopic (exact) mass is 339 g/mol. The fourth-order valence-corrected chi connectivity index (χ4v) is 2.92. The molecule has 2 aromatic rings. The fourth-order valence-electron chi connectivity index (χ4n) is 2.92. The average molecular weight is 339 g/mol. The molecule has 0 amide bonds. The van der Waals surface area contributed by atoms with E-state index in [1.54, 1.807) is 0 Å². The number of hydrogen-bond donors (Lipinski definition) is 1. The molecule has 3 rings (SSSR count). The number of ether oxygens (including phenoxy) is 1. The number of anilines is 1. The zero-order valence-electron chi connectivity index (χ0n) is 14.9. The van der Waals surface area contributed by atoms with Crippen molar-refractivity contribution in [2.24, 2.45) is 4.99 Å². The van der Waals surface area contributed by atoms with Crippen molar-refractivity contribution in [3.8, 4) is 0 Å². The van der Waals surface area contributed by atoms with E-state index in [2.05, 4.69) is 36.9 Å². The number of aromatic nitrogens is 2. The van der Waals surface area contributed by atoms with Gasteiger partial charge in [-0.2, -0.15) is 0 Å². The van der Waals surface area contributed by atoms with Crippen LogP contribution in [0.25, 0.3) is 5.70 Å². The Morgan fingerprint density at radius 3 is 2.92 bits per heavy atom. The number of likely N-dealkylation sites (N-methyl/N-ethyl adjacent to an activating group) is 1. The van der Waals surface area contributed by atoms with Gasteiger partial charge in [-0.15, -0.1) is 0 Å². The van der Waals surface area contributed by atoms with Gasteiger partial charge in [-0.1, -0.05) is 6.07 Å². The minimum atomic E-state index is 0.751. The molecule has 132 valence electrons. The van der Waals surface area contributed by atoms with Gasteiger partial charge >= 0.3 is 0 Å². The number of nitrogens with zero attached hydrogens (tertiary/aromatic N) is 4. The predicted octanol–water partition coefficient (Wildman–Crippen LogP) is 1.36. The van der Waals surface area contributed by atoms with Crippen molar-refractivity contribution in [1.82, 2.24) is 14.9 Å². The molecule has 6 nitrogen and oxygen atoms in total. The number of nitrogens with one attached hydrogen (secondary N) is 1. The Bertz CT molecular complexity index is 790. The van der Waals surface area contributed by atoms with Crippen molar-refractivity contribution in [1.29, 1.82) is 0 Å². The van der Waals surface area contributed by atoms with Gasteiger partial charge in [0.2, 0.25) is 0 Å². The maximum absolute atomic E-state index is 5.45. The standard InChI is InChI=1S/C19H25N5O/c1-20-8-7-17(24-10-4-3-5-18(24)21-2)16-6-9-22-19(15-16)23-11-13-25-14-12-23/h3-7,9-10,15,20H,8,11-14H2,1-2H3/b17-7+,21-18?. The van der Waals surface area contributed by atoms with E-state index in [0.717, 1.165) is 55.4 Å². The van der Waals surface area contributed by atoms with Crippen LogP contribution in [0.5, 0.6) is 0 Å². The van der Waals surface area contributed by atoms with Crippen LogP contribution in [0.4, 0.5) is 5.82 Å². The van der Waals surface area contributed by atoms with E-state index < -0.39 is 0 Å². The third kappa shape index (κ3) is 4.15. The first-order valence-corrected chi connectivity index (χ1v) is 8.58. The van der Waals surface area contributed by atoms with Crippen LogP contribution in [-0.4, -0.2) is 56.5 Å². The first-order valence-electron chi connectivity index (χ1n) is 8.58. The van der Waals surface area contributed by atoms with E-state index in [-0.39, 0.29) is 0 Å². The highest BCUT2D eigenvalue weighted by Gasteiger charge is 2.14. The summed E-state index contributed by atoms with van der Waals surface area (Å²) in [5.41, 5.74) is 3.12. The largest absolute Gasteiger partial charge is 0.378 e. The van der Waals surface area contributed by atoms with Gasteiger partial charge in [0.1, 0.15) is 11.3 Å². The Balaban J connectivity index is 2.02. The first kappa shape index (κ1) is 17.4. The minimum absolute atomic E-state index is 0.751. The van der Waals surface area contributed by atoms with Crippen LogP contribution in [0.2, 0.25) is 0 Å². The highest BCUT2D eigenvalue weighted by Crippen LogP contribution is 2.20. The van der Waals surface area contributed by atoms with E-state index >= 15 is 0 Å². The molecule has 0 spiro atoms. The van der Waals surface area contributed by atoms with E-state index in [1.165, 1.54) is 0 Å². The summed E-state index contributed by atoms with van der Waals surface area (Å²) in [6, 6.07) is 10.2. The van der Waals surface area contributed by atoms with Gasteiger partial charge in [0.05, 0.1) is 18.9 Å². The lowest BCUT2D eigenvalue weighted by atomic mass is 10.1. The number of hydrogen-bond acceptors (Lipinski definition) is 5. The average Bonchev–Trinajstić information content (AvgIpc) is 2.69. The lowest BCUT2D eigenvalue weighted by Gasteiger charge is -2.28. The van der Waals surface area contributed by atoms with Gasteiger partial charge in [0.25, 0.3) is 0 Å². The molecule has 0 aliphatic carbocycles. The second kappa shape index (κ2) is 8.60. The molecule has 3 heterocycles. The van der Waals surface area contributed by atoms with E-state index in [0.29, 0.717) is 0 Å². The summed E-state index contributed by atoms with van der Waals surface area (Å²) in [6.07, 6.45) is 6.09. The zero-order valence-corrected chi connectivity index (χ0v) is 14.9. The molecule has 0 unspecified atom stereocenters. The summed E-state index contributed by atoms with van der Waals surface area (Å²) >= 11 is 0. The second-order valence-electron chi connectivity index (χ2n) is 5.80. The molecule has 25 heavy (non-hydrogen) atoms. The molecule has 0 aromatic carbocycles. The van der Waals surface area contributed by atoms with Crippen LogP contribution in [0.15, 0.2) is 53.8 Å². The van der Waals surface area contributed by atoms with Crippen molar-refractivity contribution in [2.75, 3.05) is 51.8 Å². The van der Waals surface area contributed by atoms with Gasteiger partial charge in [0, 0.05) is 44.6 Å². The van der Waals surface area contributed by atoms with Gasteiger partial charge in [-0.05, 0) is 37.4 Å². The third-order valence-corrected chi connectivity index (χ3v) is 4.20. The summed E-state index contributed by atoms with van der Waals surface area (Å²) in [6.45, 7) is 4.02. The number of rotatable bonds is 5. The number of pyridine rings is 2. The number of morpholine rings is 1. The molecule has 1 N–H and O–H groups in total. The highest BCUT2D eigenvalue weighted by molar-refractivity contribution is 5.68. The van der Waals surface area contributed by atoms with E-state index in [1.807, 2.05) is 50.8 Å². The Labute approximate surface area is 148 Å². The lowest BCUT2D eigenvalue weighted by Crippen LogP contribution is -2.36. The Morgan fingerprint density at radius 2 is 2.16 bits per heavy atom. The van der Waals surface area contributed by atoms with Crippen molar-refractivity contribution in [3.63, 3.8) is 0 Å². The Hall–Kier alpha value is -2.44. The highest BCUT2D eigenvalue weighted by atomic mass is 16.5. The van der Waals surface area contributed by atoms with Gasteiger partial charge in [-0.3, -0.25) is 4.99 Å². The first-order chi connectivity index (χ1) is 12.3. The molecular formula is C19H25N5O. The fraction of sp³-hybridized carbons (Fsp3) is 0.368. The lowest BCUT2D eigenvalue weighted by molar-refractivity contribution is 0.122. The molecule has 0 saturated carbocycles. The molecule has 1 fully saturated rings. The summed E-state index contributed by atoms with van der Waals surface area (Å²) in [4.78, 5) is 11.2. The quantitative estimate of drug-likeness (QED) is 0.894. The van der Waals surface area contributed by atoms with Crippen LogP contribution >= 0.6 is 0 Å². The van der Waals surface area contributed by atoms with Crippen molar-refractivity contribution >= 4 is 11.5 Å². The van der Waals surface area contributed by atoms with Gasteiger partial charge in [0.15, 0.2) is 0 Å². The normalized spacial score (nSPS) is 16.3. The summed E-state index contributed by atoms with van der Waals surface area (Å²) < 4.78 is 7.55. The molecule has 0 radical (unpaired) electrons. The van der Waals surface area contributed by atoms with Crippen LogP contribution in [0.3, 0.4) is 0 Å². The van der Waals surface area contributed by atoms with Crippen molar-refractivity contribution < 1.29 is 4.74 Å². The predicted molar refractivity (Wildman–Crippen MR) is 100 cm³/mol. The van der Waals surface area contributed by atoms with Gasteiger partial charge < -0.3 is 19.5 Å². The topological polar surface area (TPSA) is 54.7 Å². The maximum atomic E-state index is 5.45. The van der Waals surface area contributed by atoms with Crippen LogP contribution in [0, 0.1) is 0 Å². The SMILES string of the molecule is CN=c1ccccn1/C(=C/CNC)c1ccnc(N2CCOCC2)c1. The molecule has 0 atom stereocenters. The van der Waals surface area contributed by atoms with Crippen molar-refractivity contribution in [2.45, 2.75) is 0 Å². The Morgan fingerprint density at radius 1 is 1.32 bits per heavy atom. The van der Waals surface area contributed by atoms with Gasteiger partial charge in [-0.25, -0.2) is 4.98 Å². The zero-order chi connectivity index (χ0) is 17.5. The van der Waals surface area contributed by atoms with Crippen LogP contribution in [-0.2, 0) is 4.74 Å². The molecular weight excluding hydrogens is 314 g/mol. The smallest absolute Gasteiger partial charge is 0.131 e.